The zero-order chi connectivity index (χ0) is 9.42. The van der Waals surface area contributed by atoms with Gasteiger partial charge in [-0.25, -0.2) is 0 Å². The summed E-state index contributed by atoms with van der Waals surface area (Å²) in [6.07, 6.45) is 0. The van der Waals surface area contributed by atoms with Crippen LogP contribution in [0.3, 0.4) is 0 Å². The number of rotatable bonds is 1. The van der Waals surface area contributed by atoms with E-state index in [0.29, 0.717) is 6.54 Å². The molecule has 4 heteroatoms. The van der Waals surface area contributed by atoms with Crippen LogP contribution in [0.2, 0.25) is 0 Å². The fraction of sp³-hybridized carbons (Fsp3) is 0.300. The maximum absolute atomic E-state index is 10.8. The molecule has 3 nitrogen and oxygen atoms in total. The van der Waals surface area contributed by atoms with E-state index in [1.54, 1.807) is 0 Å². The minimum Gasteiger partial charge on any atom is -0.549 e. The molecule has 0 amide bonds. The van der Waals surface area contributed by atoms with Crippen molar-refractivity contribution in [3.05, 3.63) is 29.8 Å². The molecule has 0 saturated carbocycles. The van der Waals surface area contributed by atoms with Crippen LogP contribution in [-0.2, 0) is 4.79 Å². The van der Waals surface area contributed by atoms with Crippen LogP contribution in [0.4, 0.5) is 5.69 Å². The number of nitrogens with zero attached hydrogens (tertiary/aromatic N) is 1. The van der Waals surface area contributed by atoms with Crippen molar-refractivity contribution in [1.82, 2.24) is 0 Å². The maximum atomic E-state index is 10.8. The third-order valence-electron chi connectivity index (χ3n) is 2.46. The van der Waals surface area contributed by atoms with Crippen LogP contribution in [-0.4, -0.2) is 19.6 Å². The number of benzene rings is 1. The number of fused-ring (bicyclic) bond motifs is 1. The molecule has 0 fully saturated rings. The van der Waals surface area contributed by atoms with Gasteiger partial charge in [0.1, 0.15) is 0 Å². The molecule has 1 aliphatic heterocycles. The second-order valence-electron chi connectivity index (χ2n) is 3.31. The molecule has 0 radical (unpaired) electrons. The fourth-order valence-corrected chi connectivity index (χ4v) is 1.80. The second-order valence-corrected chi connectivity index (χ2v) is 3.31. The largest absolute Gasteiger partial charge is 1.00 e. The van der Waals surface area contributed by atoms with Crippen LogP contribution in [0, 0.1) is 0 Å². The standard InChI is InChI=1S/C10H11NO2.K/c1-11-6-8(10(12)13)7-4-2-3-5-9(7)11;/h2-5,8H,6H2,1H3,(H,12,13);/q;+1/p-1. The van der Waals surface area contributed by atoms with E-state index in [1.807, 2.05) is 36.2 Å². The van der Waals surface area contributed by atoms with Crippen molar-refractivity contribution < 1.29 is 61.3 Å². The van der Waals surface area contributed by atoms with Gasteiger partial charge in [0, 0.05) is 25.2 Å². The van der Waals surface area contributed by atoms with E-state index in [0.717, 1.165) is 11.3 Å². The van der Waals surface area contributed by atoms with Crippen LogP contribution >= 0.6 is 0 Å². The molecule has 1 heterocycles. The Morgan fingerprint density at radius 1 is 1.50 bits per heavy atom. The zero-order valence-electron chi connectivity index (χ0n) is 8.36. The predicted octanol–water partition coefficient (Wildman–Crippen LogP) is -3.03. The van der Waals surface area contributed by atoms with Crippen molar-refractivity contribution in [2.45, 2.75) is 5.92 Å². The van der Waals surface area contributed by atoms with Gasteiger partial charge in [0.25, 0.3) is 0 Å². The number of anilines is 1. The molecule has 1 aliphatic rings. The number of hydrogen-bond donors (Lipinski definition) is 0. The van der Waals surface area contributed by atoms with Crippen molar-refractivity contribution in [3.8, 4) is 0 Å². The van der Waals surface area contributed by atoms with E-state index in [4.69, 9.17) is 0 Å². The Balaban J connectivity index is 0.000000980. The van der Waals surface area contributed by atoms with Crippen LogP contribution < -0.4 is 61.4 Å². The number of aliphatic carboxylic acids is 1. The van der Waals surface area contributed by atoms with Crippen molar-refractivity contribution in [1.29, 1.82) is 0 Å². The monoisotopic (exact) mass is 215 g/mol. The van der Waals surface area contributed by atoms with E-state index < -0.39 is 11.9 Å². The quantitative estimate of drug-likeness (QED) is 0.468. The zero-order valence-corrected chi connectivity index (χ0v) is 11.5. The number of para-hydroxylation sites is 1. The molecule has 1 unspecified atom stereocenters. The molecule has 0 bridgehead atoms. The predicted molar refractivity (Wildman–Crippen MR) is 47.5 cm³/mol. The van der Waals surface area contributed by atoms with Crippen molar-refractivity contribution >= 4 is 11.7 Å². The van der Waals surface area contributed by atoms with E-state index >= 15 is 0 Å². The normalized spacial score (nSPS) is 18.6. The third-order valence-corrected chi connectivity index (χ3v) is 2.46. The number of carboxylic acid groups (broad SMARTS) is 1. The van der Waals surface area contributed by atoms with E-state index in [9.17, 15) is 9.90 Å². The average Bonchev–Trinajstić information content (AvgIpc) is 2.45. The molecule has 0 aliphatic carbocycles. The first kappa shape index (κ1) is 12.2. The van der Waals surface area contributed by atoms with Gasteiger partial charge in [0.05, 0.1) is 5.97 Å². The maximum Gasteiger partial charge on any atom is 1.00 e. The van der Waals surface area contributed by atoms with Crippen molar-refractivity contribution in [3.63, 3.8) is 0 Å². The van der Waals surface area contributed by atoms with E-state index in [-0.39, 0.29) is 51.4 Å². The molecular weight excluding hydrogens is 205 g/mol. The summed E-state index contributed by atoms with van der Waals surface area (Å²) in [6, 6.07) is 7.54. The number of carbonyl (C=O) groups is 1. The van der Waals surface area contributed by atoms with E-state index in [2.05, 4.69) is 0 Å². The molecule has 68 valence electrons. The SMILES string of the molecule is CN1CC(C(=O)[O-])c2ccccc21.[K+]. The molecule has 2 rings (SSSR count). The Morgan fingerprint density at radius 2 is 2.14 bits per heavy atom. The Labute approximate surface area is 126 Å². The first-order valence-corrected chi connectivity index (χ1v) is 4.21. The fourth-order valence-electron chi connectivity index (χ4n) is 1.80. The van der Waals surface area contributed by atoms with Gasteiger partial charge in [-0.3, -0.25) is 0 Å². The summed E-state index contributed by atoms with van der Waals surface area (Å²) in [5.74, 6) is -1.46. The van der Waals surface area contributed by atoms with Crippen LogP contribution in [0.1, 0.15) is 11.5 Å². The van der Waals surface area contributed by atoms with Crippen molar-refractivity contribution in [2.24, 2.45) is 0 Å². The Morgan fingerprint density at radius 3 is 2.79 bits per heavy atom. The van der Waals surface area contributed by atoms with Crippen LogP contribution in [0.25, 0.3) is 0 Å². The summed E-state index contributed by atoms with van der Waals surface area (Å²) in [7, 11) is 1.89. The smallest absolute Gasteiger partial charge is 0.549 e. The van der Waals surface area contributed by atoms with Gasteiger partial charge in [-0.15, -0.1) is 0 Å². The Bertz CT molecular complexity index is 354. The van der Waals surface area contributed by atoms with Gasteiger partial charge >= 0.3 is 51.4 Å². The molecule has 0 saturated heterocycles. The molecule has 0 spiro atoms. The minimum absolute atomic E-state index is 0. The number of carbonyl (C=O) groups excluding carboxylic acids is 1. The van der Waals surface area contributed by atoms with Crippen molar-refractivity contribution in [2.75, 3.05) is 18.5 Å². The topological polar surface area (TPSA) is 43.4 Å². The minimum atomic E-state index is -0.989. The molecule has 0 N–H and O–H groups in total. The first-order valence-electron chi connectivity index (χ1n) is 4.21. The van der Waals surface area contributed by atoms with Gasteiger partial charge < -0.3 is 14.8 Å². The second kappa shape index (κ2) is 4.77. The van der Waals surface area contributed by atoms with Crippen LogP contribution in [0.15, 0.2) is 24.3 Å². The van der Waals surface area contributed by atoms with Gasteiger partial charge in [-0.05, 0) is 11.6 Å². The molecule has 1 aromatic rings. The van der Waals surface area contributed by atoms with Gasteiger partial charge in [-0.1, -0.05) is 18.2 Å². The first-order chi connectivity index (χ1) is 6.20. The summed E-state index contributed by atoms with van der Waals surface area (Å²) in [5.41, 5.74) is 1.86. The summed E-state index contributed by atoms with van der Waals surface area (Å²) in [4.78, 5) is 12.7. The van der Waals surface area contributed by atoms with Gasteiger partial charge in [0.2, 0.25) is 0 Å². The number of hydrogen-bond acceptors (Lipinski definition) is 3. The molecule has 1 aromatic carbocycles. The third kappa shape index (κ3) is 2.04. The van der Waals surface area contributed by atoms with Gasteiger partial charge in [0.15, 0.2) is 0 Å². The summed E-state index contributed by atoms with van der Waals surface area (Å²) in [6.45, 7) is 0.516. The summed E-state index contributed by atoms with van der Waals surface area (Å²) < 4.78 is 0. The van der Waals surface area contributed by atoms with Crippen LogP contribution in [0.5, 0.6) is 0 Å². The number of likely N-dealkylation sites (N-methyl/N-ethyl adjacent to an activating group) is 1. The molecule has 0 aromatic heterocycles. The number of carboxylic acids is 1. The Hall–Kier alpha value is 0.126. The Kier molecular flexibility index (Phi) is 4.15. The molecule has 14 heavy (non-hydrogen) atoms. The van der Waals surface area contributed by atoms with E-state index in [1.165, 1.54) is 0 Å². The van der Waals surface area contributed by atoms with Gasteiger partial charge in [-0.2, -0.15) is 0 Å². The molecule has 1 atom stereocenters. The molecular formula is C10H10KNO2. The summed E-state index contributed by atoms with van der Waals surface area (Å²) >= 11 is 0. The average molecular weight is 215 g/mol. The summed E-state index contributed by atoms with van der Waals surface area (Å²) in [5, 5.41) is 10.8.